The quantitative estimate of drug-likeness (QED) is 0.241. The van der Waals surface area contributed by atoms with Gasteiger partial charge in [-0.15, -0.1) is 0 Å². The van der Waals surface area contributed by atoms with Crippen LogP contribution >= 0.6 is 0 Å². The van der Waals surface area contributed by atoms with Crippen molar-refractivity contribution in [3.63, 3.8) is 0 Å². The second-order valence-electron chi connectivity index (χ2n) is 11.2. The van der Waals surface area contributed by atoms with Gasteiger partial charge in [0.05, 0.1) is 11.6 Å². The number of likely N-dealkylation sites (N-methyl/N-ethyl adjacent to an activating group) is 1. The summed E-state index contributed by atoms with van der Waals surface area (Å²) in [5, 5.41) is 48.1. The van der Waals surface area contributed by atoms with Gasteiger partial charge in [-0.25, -0.2) is 0 Å². The van der Waals surface area contributed by atoms with E-state index in [-0.39, 0.29) is 35.8 Å². The number of anilines is 1. The van der Waals surface area contributed by atoms with E-state index in [1.165, 1.54) is 11.0 Å². The van der Waals surface area contributed by atoms with Crippen molar-refractivity contribution in [3.8, 4) is 5.75 Å². The Kier molecular flexibility index (Phi) is 6.28. The van der Waals surface area contributed by atoms with Crippen LogP contribution in [-0.2, 0) is 16.0 Å². The molecule has 1 saturated heterocycles. The number of ketones is 2. The average molecular weight is 527 g/mol. The lowest BCUT2D eigenvalue weighted by atomic mass is 9.58. The number of hydrogen-bond acceptors (Lipinski definition) is 10. The van der Waals surface area contributed by atoms with Crippen molar-refractivity contribution in [2.75, 3.05) is 39.5 Å². The van der Waals surface area contributed by atoms with Gasteiger partial charge in [-0.2, -0.15) is 0 Å². The molecule has 0 bridgehead atoms. The molecule has 1 heterocycles. The normalized spacial score (nSPS) is 30.3. The van der Waals surface area contributed by atoms with E-state index in [1.54, 1.807) is 20.2 Å². The van der Waals surface area contributed by atoms with Crippen molar-refractivity contribution in [1.82, 2.24) is 9.80 Å². The molecule has 1 aromatic rings. The van der Waals surface area contributed by atoms with Gasteiger partial charge in [0.25, 0.3) is 5.91 Å². The summed E-state index contributed by atoms with van der Waals surface area (Å²) in [5.41, 5.74) is 3.12. The number of nitrogens with zero attached hydrogens (tertiary/aromatic N) is 2. The summed E-state index contributed by atoms with van der Waals surface area (Å²) in [5.74, 6) is -6.50. The van der Waals surface area contributed by atoms with Gasteiger partial charge < -0.3 is 36.4 Å². The van der Waals surface area contributed by atoms with Gasteiger partial charge in [0.2, 0.25) is 5.78 Å². The van der Waals surface area contributed by atoms with E-state index in [9.17, 15) is 34.8 Å². The summed E-state index contributed by atoms with van der Waals surface area (Å²) in [6, 6.07) is 2.35. The van der Waals surface area contributed by atoms with E-state index in [4.69, 9.17) is 5.73 Å². The number of aliphatic hydroxyl groups is 3. The molecule has 11 nitrogen and oxygen atoms in total. The molecule has 0 radical (unpaired) electrons. The van der Waals surface area contributed by atoms with Gasteiger partial charge in [-0.3, -0.25) is 19.3 Å². The van der Waals surface area contributed by atoms with Crippen LogP contribution < -0.4 is 11.1 Å². The maximum atomic E-state index is 13.8. The molecule has 204 valence electrons. The van der Waals surface area contributed by atoms with Gasteiger partial charge >= 0.3 is 0 Å². The third-order valence-corrected chi connectivity index (χ3v) is 8.68. The van der Waals surface area contributed by atoms with E-state index in [0.29, 0.717) is 5.56 Å². The molecule has 0 saturated carbocycles. The highest BCUT2D eigenvalue weighted by Gasteiger charge is 2.63. The number of phenolic OH excluding ortho intramolecular Hbond substituents is 1. The van der Waals surface area contributed by atoms with E-state index in [1.807, 2.05) is 0 Å². The second kappa shape index (κ2) is 9.11. The standard InChI is InChI=1S/C27H34N4O7/c1-30(2)21-15-11-12-10-14-16(29-13-6-8-31(3)9-7-13)4-5-17(32)19(14)22(33)18(12)24(35)27(15,38)25(36)20(23(21)34)26(28)37/h4-5,12-13,15,21,29,32,34-35,38H,6-11H2,1-3H3,(H2,28,37)/t12-,15+,21+,27-/m1/s1. The number of rotatable bonds is 4. The molecule has 0 spiro atoms. The number of phenols is 1. The first-order valence-corrected chi connectivity index (χ1v) is 12.8. The molecule has 1 amide bonds. The van der Waals surface area contributed by atoms with Crippen molar-refractivity contribution < 1.29 is 34.8 Å². The van der Waals surface area contributed by atoms with Crippen LogP contribution in [0.5, 0.6) is 5.75 Å². The van der Waals surface area contributed by atoms with Gasteiger partial charge in [-0.1, -0.05) is 0 Å². The fourth-order valence-corrected chi connectivity index (χ4v) is 6.76. The molecule has 38 heavy (non-hydrogen) atoms. The Morgan fingerprint density at radius 1 is 1.16 bits per heavy atom. The summed E-state index contributed by atoms with van der Waals surface area (Å²) in [6.07, 6.45) is 2.17. The Hall–Kier alpha value is -3.41. The number of aromatic hydroxyl groups is 1. The summed E-state index contributed by atoms with van der Waals surface area (Å²) in [4.78, 5) is 43.0. The minimum atomic E-state index is -2.63. The molecule has 1 aromatic carbocycles. The number of nitrogens with two attached hydrogens (primary N) is 1. The largest absolute Gasteiger partial charge is 0.510 e. The third kappa shape index (κ3) is 3.71. The molecule has 5 rings (SSSR count). The number of hydrogen-bond donors (Lipinski definition) is 6. The van der Waals surface area contributed by atoms with Crippen LogP contribution in [0, 0.1) is 11.8 Å². The number of carbonyl (C=O) groups excluding carboxylic acids is 3. The predicted octanol–water partition coefficient (Wildman–Crippen LogP) is 0.627. The number of fused-ring (bicyclic) bond motifs is 3. The van der Waals surface area contributed by atoms with Gasteiger partial charge in [0, 0.05) is 23.2 Å². The Morgan fingerprint density at radius 3 is 2.42 bits per heavy atom. The van der Waals surface area contributed by atoms with Crippen molar-refractivity contribution in [1.29, 1.82) is 0 Å². The number of carbonyl (C=O) groups is 3. The second-order valence-corrected chi connectivity index (χ2v) is 11.2. The molecule has 4 aliphatic rings. The monoisotopic (exact) mass is 526 g/mol. The highest BCUT2D eigenvalue weighted by atomic mass is 16.3. The Labute approximate surface area is 220 Å². The summed E-state index contributed by atoms with van der Waals surface area (Å²) >= 11 is 0. The predicted molar refractivity (Wildman–Crippen MR) is 138 cm³/mol. The molecule has 7 N–H and O–H groups in total. The third-order valence-electron chi connectivity index (χ3n) is 8.68. The first-order chi connectivity index (χ1) is 17.9. The maximum absolute atomic E-state index is 13.8. The van der Waals surface area contributed by atoms with Gasteiger partial charge in [0.15, 0.2) is 11.4 Å². The number of aliphatic hydroxyl groups excluding tert-OH is 2. The zero-order valence-electron chi connectivity index (χ0n) is 21.7. The van der Waals surface area contributed by atoms with Crippen LogP contribution in [0.15, 0.2) is 34.8 Å². The molecule has 3 aliphatic carbocycles. The number of allylic oxidation sites excluding steroid dienone is 1. The number of Topliss-reactive ketones (excluding diaryl/α,β-unsaturated/α-hetero) is 2. The van der Waals surface area contributed by atoms with Gasteiger partial charge in [-0.05, 0) is 83.5 Å². The molecular weight excluding hydrogens is 492 g/mol. The Balaban J connectivity index is 1.61. The van der Waals surface area contributed by atoms with Crippen molar-refractivity contribution in [2.45, 2.75) is 43.4 Å². The van der Waals surface area contributed by atoms with E-state index < -0.39 is 58.0 Å². The first kappa shape index (κ1) is 26.2. The minimum absolute atomic E-state index is 0.0173. The number of amides is 1. The van der Waals surface area contributed by atoms with Crippen LogP contribution in [-0.4, -0.2) is 99.6 Å². The Morgan fingerprint density at radius 2 is 1.82 bits per heavy atom. The SMILES string of the molecule is CN1CCC(Nc2ccc(O)c3c2C[C@@H]2C[C@H]4[C@H](N(C)C)C(O)=C(C(N)=O)C(=O)[C@]4(O)C(O)=C2C3=O)CC1. The summed E-state index contributed by atoms with van der Waals surface area (Å²) in [7, 11) is 5.28. The lowest BCUT2D eigenvalue weighted by Gasteiger charge is -2.50. The zero-order valence-corrected chi connectivity index (χ0v) is 21.7. The fraction of sp³-hybridized carbons (Fsp3) is 0.519. The van der Waals surface area contributed by atoms with E-state index in [0.717, 1.165) is 31.6 Å². The number of nitrogens with one attached hydrogen (secondary N) is 1. The minimum Gasteiger partial charge on any atom is -0.510 e. The molecule has 11 heteroatoms. The fourth-order valence-electron chi connectivity index (χ4n) is 6.76. The first-order valence-electron chi connectivity index (χ1n) is 12.8. The van der Waals surface area contributed by atoms with Crippen molar-refractivity contribution in [2.24, 2.45) is 17.6 Å². The van der Waals surface area contributed by atoms with Crippen LogP contribution in [0.4, 0.5) is 5.69 Å². The molecular formula is C27H34N4O7. The number of benzene rings is 1. The number of likely N-dealkylation sites (tertiary alicyclic amines) is 1. The smallest absolute Gasteiger partial charge is 0.255 e. The molecule has 0 aromatic heterocycles. The zero-order chi connectivity index (χ0) is 27.7. The highest BCUT2D eigenvalue weighted by Crippen LogP contribution is 2.52. The Bertz CT molecular complexity index is 1290. The summed E-state index contributed by atoms with van der Waals surface area (Å²) in [6.45, 7) is 1.87. The van der Waals surface area contributed by atoms with Crippen LogP contribution in [0.3, 0.4) is 0 Å². The molecule has 4 atom stereocenters. The molecule has 1 fully saturated rings. The lowest BCUT2D eigenvalue weighted by molar-refractivity contribution is -0.148. The van der Waals surface area contributed by atoms with E-state index in [2.05, 4.69) is 17.3 Å². The van der Waals surface area contributed by atoms with Crippen molar-refractivity contribution in [3.05, 3.63) is 45.9 Å². The topological polar surface area (TPSA) is 177 Å². The average Bonchev–Trinajstić information content (AvgIpc) is 2.84. The van der Waals surface area contributed by atoms with Crippen LogP contribution in [0.2, 0.25) is 0 Å². The highest BCUT2D eigenvalue weighted by molar-refractivity contribution is 6.24. The lowest BCUT2D eigenvalue weighted by Crippen LogP contribution is -2.63. The van der Waals surface area contributed by atoms with E-state index >= 15 is 0 Å². The number of piperidine rings is 1. The maximum Gasteiger partial charge on any atom is 0.255 e. The van der Waals surface area contributed by atoms with Crippen molar-refractivity contribution >= 4 is 23.2 Å². The van der Waals surface area contributed by atoms with Crippen LogP contribution in [0.25, 0.3) is 0 Å². The molecule has 0 unspecified atom stereocenters. The number of primary amides is 1. The summed E-state index contributed by atoms with van der Waals surface area (Å²) < 4.78 is 0. The van der Waals surface area contributed by atoms with Gasteiger partial charge in [0.1, 0.15) is 22.8 Å². The molecule has 1 aliphatic heterocycles. The van der Waals surface area contributed by atoms with Crippen LogP contribution in [0.1, 0.15) is 35.2 Å².